The molecule has 4 N–H and O–H groups in total. The fraction of sp³-hybridized carbons (Fsp3) is 0.407. The molecule has 9 nitrogen and oxygen atoms in total. The van der Waals surface area contributed by atoms with Crippen LogP contribution in [0.25, 0.3) is 11.2 Å². The SMILES string of the molecule is C#CCCCC#Cc1nc(NCc2cccc(Cl)c2)c2ncn([C@@H]3C4C[C@]4(C(=O)NC)[C@@H](O)[C@H]3O)c2n1. The number of terminal acetylenes is 1. The number of hydrogen-bond acceptors (Lipinski definition) is 7. The molecule has 3 aromatic rings. The fourth-order valence-corrected chi connectivity index (χ4v) is 5.57. The van der Waals surface area contributed by atoms with Crippen LogP contribution in [0.2, 0.25) is 5.02 Å². The number of fused-ring (bicyclic) bond motifs is 2. The molecule has 0 saturated heterocycles. The van der Waals surface area contributed by atoms with Gasteiger partial charge in [0.15, 0.2) is 17.0 Å². The van der Waals surface area contributed by atoms with Crippen molar-refractivity contribution in [3.8, 4) is 24.2 Å². The minimum atomic E-state index is -1.18. The number of rotatable bonds is 7. The monoisotopic (exact) mass is 518 g/mol. The topological polar surface area (TPSA) is 125 Å². The van der Waals surface area contributed by atoms with Gasteiger partial charge in [-0.1, -0.05) is 29.7 Å². The van der Waals surface area contributed by atoms with Crippen molar-refractivity contribution >= 4 is 34.5 Å². The second-order valence-corrected chi connectivity index (χ2v) is 9.86. The quantitative estimate of drug-likeness (QED) is 0.279. The number of aromatic nitrogens is 4. The molecule has 1 unspecified atom stereocenters. The predicted octanol–water partition coefficient (Wildman–Crippen LogP) is 2.28. The van der Waals surface area contributed by atoms with E-state index in [9.17, 15) is 15.0 Å². The first kappa shape index (κ1) is 25.0. The molecule has 2 aromatic heterocycles. The van der Waals surface area contributed by atoms with Crippen LogP contribution < -0.4 is 10.6 Å². The second kappa shape index (κ2) is 10.0. The van der Waals surface area contributed by atoms with Crippen LogP contribution >= 0.6 is 11.6 Å². The van der Waals surface area contributed by atoms with Gasteiger partial charge in [-0.3, -0.25) is 4.79 Å². The van der Waals surface area contributed by atoms with Crippen LogP contribution in [0.5, 0.6) is 0 Å². The Morgan fingerprint density at radius 2 is 2.16 bits per heavy atom. The molecular weight excluding hydrogens is 492 g/mol. The number of amides is 1. The van der Waals surface area contributed by atoms with Gasteiger partial charge in [-0.25, -0.2) is 15.0 Å². The summed E-state index contributed by atoms with van der Waals surface area (Å²) in [4.78, 5) is 26.4. The smallest absolute Gasteiger partial charge is 0.229 e. The maximum absolute atomic E-state index is 12.6. The molecule has 2 saturated carbocycles. The minimum absolute atomic E-state index is 0.244. The number of benzene rings is 1. The number of nitrogens with one attached hydrogen (secondary N) is 2. The molecule has 2 fully saturated rings. The largest absolute Gasteiger partial charge is 0.389 e. The first-order chi connectivity index (χ1) is 17.9. The van der Waals surface area contributed by atoms with Crippen molar-refractivity contribution in [2.24, 2.45) is 11.3 Å². The van der Waals surface area contributed by atoms with E-state index in [1.54, 1.807) is 10.9 Å². The minimum Gasteiger partial charge on any atom is -0.389 e. The highest BCUT2D eigenvalue weighted by molar-refractivity contribution is 6.30. The van der Waals surface area contributed by atoms with Gasteiger partial charge in [0.05, 0.1) is 23.9 Å². The first-order valence-corrected chi connectivity index (χ1v) is 12.5. The Morgan fingerprint density at radius 1 is 1.32 bits per heavy atom. The number of aliphatic hydroxyl groups is 2. The van der Waals surface area contributed by atoms with Gasteiger partial charge in [0, 0.05) is 37.4 Å². The molecule has 5 rings (SSSR count). The molecule has 0 radical (unpaired) electrons. The van der Waals surface area contributed by atoms with Crippen LogP contribution in [-0.4, -0.2) is 54.9 Å². The summed E-state index contributed by atoms with van der Waals surface area (Å²) in [5, 5.41) is 28.3. The third-order valence-electron chi connectivity index (χ3n) is 7.24. The van der Waals surface area contributed by atoms with Crippen LogP contribution in [0, 0.1) is 35.5 Å². The number of halogens is 1. The normalized spacial score (nSPS) is 25.6. The zero-order valence-corrected chi connectivity index (χ0v) is 21.0. The van der Waals surface area contributed by atoms with Gasteiger partial charge >= 0.3 is 0 Å². The number of hydrogen-bond donors (Lipinski definition) is 4. The van der Waals surface area contributed by atoms with Gasteiger partial charge < -0.3 is 25.4 Å². The van der Waals surface area contributed by atoms with E-state index < -0.39 is 23.7 Å². The lowest BCUT2D eigenvalue weighted by molar-refractivity contribution is -0.132. The number of unbranched alkanes of at least 4 members (excludes halogenated alkanes) is 2. The van der Waals surface area contributed by atoms with Crippen molar-refractivity contribution in [3.63, 3.8) is 0 Å². The molecule has 0 spiro atoms. The summed E-state index contributed by atoms with van der Waals surface area (Å²) in [7, 11) is 1.53. The summed E-state index contributed by atoms with van der Waals surface area (Å²) in [5.74, 6) is 8.94. The Balaban J connectivity index is 1.51. The highest BCUT2D eigenvalue weighted by Gasteiger charge is 2.75. The van der Waals surface area contributed by atoms with Gasteiger partial charge in [-0.2, -0.15) is 0 Å². The number of imidazole rings is 1. The molecule has 5 atom stereocenters. The molecule has 0 aliphatic heterocycles. The van der Waals surface area contributed by atoms with E-state index in [0.717, 1.165) is 12.0 Å². The molecule has 1 amide bonds. The number of nitrogens with zero attached hydrogens (tertiary/aromatic N) is 4. The molecule has 190 valence electrons. The Hall–Kier alpha value is -3.63. The predicted molar refractivity (Wildman–Crippen MR) is 139 cm³/mol. The van der Waals surface area contributed by atoms with Crippen LogP contribution in [0.4, 0.5) is 5.82 Å². The fourth-order valence-electron chi connectivity index (χ4n) is 5.35. The van der Waals surface area contributed by atoms with Crippen molar-refractivity contribution in [1.29, 1.82) is 0 Å². The lowest BCUT2D eigenvalue weighted by atomic mass is 9.98. The molecule has 10 heteroatoms. The molecule has 0 bridgehead atoms. The van der Waals surface area contributed by atoms with E-state index in [2.05, 4.69) is 43.3 Å². The van der Waals surface area contributed by atoms with Crippen LogP contribution in [0.3, 0.4) is 0 Å². The van der Waals surface area contributed by atoms with Gasteiger partial charge in [0.1, 0.15) is 6.10 Å². The summed E-state index contributed by atoms with van der Waals surface area (Å²) in [5.41, 5.74) is 0.922. The molecule has 2 heterocycles. The van der Waals surface area contributed by atoms with Crippen molar-refractivity contribution in [2.75, 3.05) is 12.4 Å². The van der Waals surface area contributed by atoms with E-state index in [-0.39, 0.29) is 11.8 Å². The Morgan fingerprint density at radius 3 is 2.92 bits per heavy atom. The Kier molecular flexibility index (Phi) is 6.78. The molecule has 2 aliphatic carbocycles. The highest BCUT2D eigenvalue weighted by Crippen LogP contribution is 2.67. The summed E-state index contributed by atoms with van der Waals surface area (Å²) < 4.78 is 1.74. The maximum Gasteiger partial charge on any atom is 0.229 e. The first-order valence-electron chi connectivity index (χ1n) is 12.1. The zero-order chi connectivity index (χ0) is 26.2. The van der Waals surface area contributed by atoms with E-state index in [1.165, 1.54) is 7.05 Å². The van der Waals surface area contributed by atoms with Gasteiger partial charge in [0.2, 0.25) is 11.7 Å². The summed E-state index contributed by atoms with van der Waals surface area (Å²) in [6, 6.07) is 6.92. The van der Waals surface area contributed by atoms with Crippen molar-refractivity contribution in [2.45, 2.75) is 50.5 Å². The number of aliphatic hydroxyl groups excluding tert-OH is 2. The van der Waals surface area contributed by atoms with Crippen LogP contribution in [-0.2, 0) is 11.3 Å². The maximum atomic E-state index is 12.6. The zero-order valence-electron chi connectivity index (χ0n) is 20.3. The standard InChI is InChI=1S/C27H27ClN6O3/c1-3-4-5-6-7-11-19-32-24(30-14-16-9-8-10-17(28)12-16)20-25(33-19)34(15-31-20)21-18-13-27(18,26(37)29-2)23(36)22(21)35/h1,8-10,12,15,18,21-23,35-36H,4-6,13-14H2,2H3,(H,29,37)(H,30,32,33)/t18?,21-,22+,23+,27-/m1/s1. The van der Waals surface area contributed by atoms with E-state index in [4.69, 9.17) is 18.0 Å². The third-order valence-corrected chi connectivity index (χ3v) is 7.47. The third kappa shape index (κ3) is 4.40. The second-order valence-electron chi connectivity index (χ2n) is 9.42. The van der Waals surface area contributed by atoms with E-state index in [1.807, 2.05) is 24.3 Å². The molecule has 1 aromatic carbocycles. The molecule has 37 heavy (non-hydrogen) atoms. The Bertz CT molecular complexity index is 1450. The van der Waals surface area contributed by atoms with Gasteiger partial charge in [-0.05, 0) is 36.5 Å². The van der Waals surface area contributed by atoms with Crippen molar-refractivity contribution in [3.05, 3.63) is 47.0 Å². The van der Waals surface area contributed by atoms with Gasteiger partial charge in [0.25, 0.3) is 0 Å². The summed E-state index contributed by atoms with van der Waals surface area (Å²) in [6.07, 6.45) is 7.07. The molecular formula is C27H27ClN6O3. The highest BCUT2D eigenvalue weighted by atomic mass is 35.5. The van der Waals surface area contributed by atoms with Crippen LogP contribution in [0.15, 0.2) is 30.6 Å². The number of carbonyl (C=O) groups is 1. The Labute approximate surface area is 219 Å². The molecule has 2 aliphatic rings. The summed E-state index contributed by atoms with van der Waals surface area (Å²) >= 11 is 6.13. The van der Waals surface area contributed by atoms with E-state index in [0.29, 0.717) is 53.6 Å². The van der Waals surface area contributed by atoms with E-state index >= 15 is 0 Å². The van der Waals surface area contributed by atoms with Crippen LogP contribution in [0.1, 0.15) is 43.1 Å². The number of carbonyl (C=O) groups excluding carboxylic acids is 1. The lowest BCUT2D eigenvalue weighted by Crippen LogP contribution is -2.41. The number of anilines is 1. The average Bonchev–Trinajstić information content (AvgIpc) is 3.43. The van der Waals surface area contributed by atoms with Crippen molar-refractivity contribution < 1.29 is 15.0 Å². The average molecular weight is 519 g/mol. The van der Waals surface area contributed by atoms with Gasteiger partial charge in [-0.15, -0.1) is 12.3 Å². The summed E-state index contributed by atoms with van der Waals surface area (Å²) in [6.45, 7) is 0.446. The van der Waals surface area contributed by atoms with Crippen molar-refractivity contribution in [1.82, 2.24) is 24.8 Å². The lowest BCUT2D eigenvalue weighted by Gasteiger charge is -2.23.